The van der Waals surface area contributed by atoms with Crippen LogP contribution in [-0.2, 0) is 14.9 Å². The molecule has 0 aromatic heterocycles. The number of carbonyl (C=O) groups is 1. The Morgan fingerprint density at radius 2 is 1.72 bits per heavy atom. The largest absolute Gasteiger partial charge is 0.497 e. The zero-order valence-electron chi connectivity index (χ0n) is 16.8. The van der Waals surface area contributed by atoms with Crippen molar-refractivity contribution >= 4 is 43.7 Å². The van der Waals surface area contributed by atoms with Crippen LogP contribution in [0.25, 0.3) is 6.08 Å². The van der Waals surface area contributed by atoms with Crippen LogP contribution in [0.4, 0.5) is 5.69 Å². The van der Waals surface area contributed by atoms with Crippen LogP contribution in [0.1, 0.15) is 5.56 Å². The van der Waals surface area contributed by atoms with Gasteiger partial charge < -0.3 is 14.2 Å². The molecule has 0 radical (unpaired) electrons. The minimum Gasteiger partial charge on any atom is -0.497 e. The van der Waals surface area contributed by atoms with Gasteiger partial charge in [-0.1, -0.05) is 28.1 Å². The first-order valence-electron chi connectivity index (χ1n) is 9.18. The predicted octanol–water partition coefficient (Wildman–Crippen LogP) is 4.77. The van der Waals surface area contributed by atoms with E-state index in [9.17, 15) is 18.5 Å². The van der Waals surface area contributed by atoms with Crippen molar-refractivity contribution in [2.75, 3.05) is 12.4 Å². The SMILES string of the molecule is COc1ccc(S(=O)(=O)Oc2cccc(/C=C(\C#N)C(=O)Nc3ccc(Br)cc3)c2)cc1. The molecule has 0 spiro atoms. The van der Waals surface area contributed by atoms with Crippen molar-refractivity contribution in [3.63, 3.8) is 0 Å². The van der Waals surface area contributed by atoms with Crippen LogP contribution in [-0.4, -0.2) is 21.4 Å². The minimum absolute atomic E-state index is 0.0363. The molecule has 0 aliphatic carbocycles. The zero-order chi connectivity index (χ0) is 23.1. The highest BCUT2D eigenvalue weighted by molar-refractivity contribution is 9.10. The molecule has 0 aliphatic rings. The maximum atomic E-state index is 12.5. The Labute approximate surface area is 194 Å². The summed E-state index contributed by atoms with van der Waals surface area (Å²) in [6, 6.07) is 20.6. The molecule has 0 fully saturated rings. The molecule has 3 rings (SSSR count). The number of amides is 1. The molecule has 0 bridgehead atoms. The van der Waals surface area contributed by atoms with E-state index >= 15 is 0 Å². The number of methoxy groups -OCH3 is 1. The molecule has 1 N–H and O–H groups in total. The van der Waals surface area contributed by atoms with Crippen molar-refractivity contribution in [2.24, 2.45) is 0 Å². The van der Waals surface area contributed by atoms with Gasteiger partial charge in [-0.3, -0.25) is 4.79 Å². The van der Waals surface area contributed by atoms with Crippen LogP contribution in [0.15, 0.2) is 87.7 Å². The number of anilines is 1. The van der Waals surface area contributed by atoms with E-state index in [1.54, 1.807) is 36.4 Å². The third kappa shape index (κ3) is 5.97. The van der Waals surface area contributed by atoms with Crippen LogP contribution in [0, 0.1) is 11.3 Å². The summed E-state index contributed by atoms with van der Waals surface area (Å²) < 4.78 is 36.1. The third-order valence-corrected chi connectivity index (χ3v) is 5.98. The van der Waals surface area contributed by atoms with E-state index in [1.165, 1.54) is 49.6 Å². The van der Waals surface area contributed by atoms with E-state index < -0.39 is 16.0 Å². The molecular formula is C23H17BrN2O5S. The number of halogens is 1. The second-order valence-electron chi connectivity index (χ2n) is 6.42. The second kappa shape index (κ2) is 10.1. The van der Waals surface area contributed by atoms with Gasteiger partial charge in [0, 0.05) is 10.2 Å². The summed E-state index contributed by atoms with van der Waals surface area (Å²) in [5, 5.41) is 12.0. The number of nitrogens with one attached hydrogen (secondary N) is 1. The number of hydrogen-bond acceptors (Lipinski definition) is 6. The number of rotatable bonds is 7. The van der Waals surface area contributed by atoms with Gasteiger partial charge in [0.25, 0.3) is 5.91 Å². The van der Waals surface area contributed by atoms with Gasteiger partial charge in [0.2, 0.25) is 0 Å². The fraction of sp³-hybridized carbons (Fsp3) is 0.0435. The molecule has 32 heavy (non-hydrogen) atoms. The van der Waals surface area contributed by atoms with E-state index in [-0.39, 0.29) is 16.2 Å². The standard InChI is InChI=1S/C23H17BrN2O5S/c1-30-20-9-11-22(12-10-20)32(28,29)31-21-4-2-3-16(14-21)13-17(15-25)23(27)26-19-7-5-18(24)6-8-19/h2-14H,1H3,(H,26,27)/b17-13+. The van der Waals surface area contributed by atoms with E-state index in [1.807, 2.05) is 6.07 Å². The molecular weight excluding hydrogens is 496 g/mol. The van der Waals surface area contributed by atoms with Gasteiger partial charge in [-0.15, -0.1) is 0 Å². The number of benzene rings is 3. The molecule has 0 unspecified atom stereocenters. The molecule has 0 aliphatic heterocycles. The summed E-state index contributed by atoms with van der Waals surface area (Å²) in [6.07, 6.45) is 1.35. The van der Waals surface area contributed by atoms with Gasteiger partial charge >= 0.3 is 10.1 Å². The van der Waals surface area contributed by atoms with Crippen molar-refractivity contribution in [3.05, 3.63) is 88.4 Å². The Hall–Kier alpha value is -3.61. The Bertz CT molecular complexity index is 1300. The Balaban J connectivity index is 1.79. The van der Waals surface area contributed by atoms with Gasteiger partial charge in [0.05, 0.1) is 7.11 Å². The number of ether oxygens (including phenoxy) is 1. The minimum atomic E-state index is -4.07. The van der Waals surface area contributed by atoms with Gasteiger partial charge in [0.1, 0.15) is 28.0 Å². The number of carbonyl (C=O) groups excluding carboxylic acids is 1. The fourth-order valence-electron chi connectivity index (χ4n) is 2.62. The van der Waals surface area contributed by atoms with Crippen LogP contribution in [0.3, 0.4) is 0 Å². The fourth-order valence-corrected chi connectivity index (χ4v) is 3.81. The second-order valence-corrected chi connectivity index (χ2v) is 8.88. The third-order valence-electron chi connectivity index (χ3n) is 4.19. The Morgan fingerprint density at radius 3 is 2.34 bits per heavy atom. The summed E-state index contributed by atoms with van der Waals surface area (Å²) in [7, 11) is -2.59. The predicted molar refractivity (Wildman–Crippen MR) is 124 cm³/mol. The molecule has 7 nitrogen and oxygen atoms in total. The molecule has 1 amide bonds. The number of hydrogen-bond donors (Lipinski definition) is 1. The summed E-state index contributed by atoms with van der Waals surface area (Å²) in [5.74, 6) is -0.0336. The summed E-state index contributed by atoms with van der Waals surface area (Å²) in [6.45, 7) is 0. The maximum absolute atomic E-state index is 12.5. The molecule has 0 saturated heterocycles. The molecule has 162 valence electrons. The van der Waals surface area contributed by atoms with Crippen molar-refractivity contribution in [1.82, 2.24) is 0 Å². The van der Waals surface area contributed by atoms with Gasteiger partial charge in [-0.25, -0.2) is 0 Å². The van der Waals surface area contributed by atoms with E-state index in [4.69, 9.17) is 8.92 Å². The molecule has 3 aromatic carbocycles. The first-order valence-corrected chi connectivity index (χ1v) is 11.4. The molecule has 9 heteroatoms. The average molecular weight is 513 g/mol. The van der Waals surface area contributed by atoms with Gasteiger partial charge in [-0.05, 0) is 72.3 Å². The van der Waals surface area contributed by atoms with E-state index in [0.29, 0.717) is 17.0 Å². The summed E-state index contributed by atoms with van der Waals surface area (Å²) >= 11 is 3.31. The normalized spacial score (nSPS) is 11.3. The zero-order valence-corrected chi connectivity index (χ0v) is 19.2. The van der Waals surface area contributed by atoms with E-state index in [0.717, 1.165) is 4.47 Å². The monoisotopic (exact) mass is 512 g/mol. The lowest BCUT2D eigenvalue weighted by Gasteiger charge is -2.08. The van der Waals surface area contributed by atoms with Crippen LogP contribution in [0.2, 0.25) is 0 Å². The van der Waals surface area contributed by atoms with Crippen molar-refractivity contribution < 1.29 is 22.1 Å². The van der Waals surface area contributed by atoms with Crippen molar-refractivity contribution in [3.8, 4) is 17.6 Å². The summed E-state index contributed by atoms with van der Waals surface area (Å²) in [4.78, 5) is 12.4. The first kappa shape index (κ1) is 23.1. The van der Waals surface area contributed by atoms with Crippen LogP contribution < -0.4 is 14.2 Å². The average Bonchev–Trinajstić information content (AvgIpc) is 2.79. The van der Waals surface area contributed by atoms with Gasteiger partial charge in [0.15, 0.2) is 0 Å². The maximum Gasteiger partial charge on any atom is 0.339 e. The smallest absolute Gasteiger partial charge is 0.339 e. The summed E-state index contributed by atoms with van der Waals surface area (Å²) in [5.41, 5.74) is 0.806. The number of nitrogens with zero attached hydrogens (tertiary/aromatic N) is 1. The lowest BCUT2D eigenvalue weighted by Crippen LogP contribution is -2.13. The molecule has 0 heterocycles. The Morgan fingerprint density at radius 1 is 1.03 bits per heavy atom. The molecule has 0 saturated carbocycles. The Kier molecular flexibility index (Phi) is 7.30. The topological polar surface area (TPSA) is 105 Å². The van der Waals surface area contributed by atoms with E-state index in [2.05, 4.69) is 21.2 Å². The highest BCUT2D eigenvalue weighted by Gasteiger charge is 2.17. The van der Waals surface area contributed by atoms with Crippen LogP contribution >= 0.6 is 15.9 Å². The number of nitriles is 1. The lowest BCUT2D eigenvalue weighted by molar-refractivity contribution is -0.112. The first-order chi connectivity index (χ1) is 15.3. The highest BCUT2D eigenvalue weighted by atomic mass is 79.9. The molecule has 3 aromatic rings. The van der Waals surface area contributed by atoms with Crippen LogP contribution in [0.5, 0.6) is 11.5 Å². The van der Waals surface area contributed by atoms with Gasteiger partial charge in [-0.2, -0.15) is 13.7 Å². The van der Waals surface area contributed by atoms with Crippen molar-refractivity contribution in [1.29, 1.82) is 5.26 Å². The highest BCUT2D eigenvalue weighted by Crippen LogP contribution is 2.23. The quantitative estimate of drug-likeness (QED) is 0.277. The lowest BCUT2D eigenvalue weighted by atomic mass is 10.1. The molecule has 0 atom stereocenters. The van der Waals surface area contributed by atoms with Crippen molar-refractivity contribution in [2.45, 2.75) is 4.90 Å².